The van der Waals surface area contributed by atoms with Crippen LogP contribution in [0.3, 0.4) is 0 Å². The second-order valence-corrected chi connectivity index (χ2v) is 7.21. The molecule has 3 aromatic carbocycles. The molecule has 0 aliphatic carbocycles. The van der Waals surface area contributed by atoms with Gasteiger partial charge in [-0.25, -0.2) is 0 Å². The summed E-state index contributed by atoms with van der Waals surface area (Å²) in [5, 5.41) is 0.583. The maximum atomic E-state index is 13.3. The Labute approximate surface area is 159 Å². The molecule has 0 saturated heterocycles. The molecule has 1 heterocycles. The standard InChI is InChI=1S/C23H20ClNO/c1-16-9-11-18(12-10-16)22-21-8-3-2-5-17(21)13-14-25(22)23(26)19-6-4-7-20(24)15-19/h2-12,15,22H,13-14H2,1H3/t22-/m1/s1. The van der Waals surface area contributed by atoms with Crippen molar-refractivity contribution in [2.24, 2.45) is 0 Å². The van der Waals surface area contributed by atoms with Gasteiger partial charge in [-0.05, 0) is 48.2 Å². The van der Waals surface area contributed by atoms with E-state index in [9.17, 15) is 4.79 Å². The third-order valence-corrected chi connectivity index (χ3v) is 5.24. The second-order valence-electron chi connectivity index (χ2n) is 6.77. The second kappa shape index (κ2) is 6.97. The number of carbonyl (C=O) groups excluding carboxylic acids is 1. The maximum absolute atomic E-state index is 13.3. The van der Waals surface area contributed by atoms with Crippen molar-refractivity contribution >= 4 is 17.5 Å². The quantitative estimate of drug-likeness (QED) is 0.595. The number of aryl methyl sites for hydroxylation is 1. The molecule has 0 bridgehead atoms. The van der Waals surface area contributed by atoms with E-state index in [1.165, 1.54) is 16.7 Å². The van der Waals surface area contributed by atoms with Crippen molar-refractivity contribution in [2.45, 2.75) is 19.4 Å². The van der Waals surface area contributed by atoms with Gasteiger partial charge in [0.1, 0.15) is 0 Å². The van der Waals surface area contributed by atoms with Crippen molar-refractivity contribution in [3.05, 3.63) is 106 Å². The summed E-state index contributed by atoms with van der Waals surface area (Å²) in [4.78, 5) is 15.3. The first-order valence-corrected chi connectivity index (χ1v) is 9.22. The number of nitrogens with zero attached hydrogens (tertiary/aromatic N) is 1. The molecule has 0 fully saturated rings. The zero-order valence-corrected chi connectivity index (χ0v) is 15.4. The Balaban J connectivity index is 1.80. The van der Waals surface area contributed by atoms with Gasteiger partial charge < -0.3 is 4.90 Å². The molecule has 26 heavy (non-hydrogen) atoms. The van der Waals surface area contributed by atoms with Crippen molar-refractivity contribution in [3.63, 3.8) is 0 Å². The number of hydrogen-bond donors (Lipinski definition) is 0. The fourth-order valence-corrected chi connectivity index (χ4v) is 3.87. The van der Waals surface area contributed by atoms with Crippen LogP contribution in [0, 0.1) is 6.92 Å². The molecule has 1 aliphatic heterocycles. The first-order chi connectivity index (χ1) is 12.6. The van der Waals surface area contributed by atoms with Crippen LogP contribution in [-0.4, -0.2) is 17.4 Å². The van der Waals surface area contributed by atoms with Crippen LogP contribution in [0.2, 0.25) is 5.02 Å². The van der Waals surface area contributed by atoms with E-state index in [4.69, 9.17) is 11.6 Å². The van der Waals surface area contributed by atoms with Gasteiger partial charge in [-0.2, -0.15) is 0 Å². The van der Waals surface area contributed by atoms with E-state index in [1.807, 2.05) is 23.1 Å². The van der Waals surface area contributed by atoms with Gasteiger partial charge >= 0.3 is 0 Å². The van der Waals surface area contributed by atoms with Crippen molar-refractivity contribution in [1.82, 2.24) is 4.90 Å². The highest BCUT2D eigenvalue weighted by Gasteiger charge is 2.32. The number of amides is 1. The average Bonchev–Trinajstić information content (AvgIpc) is 2.67. The smallest absolute Gasteiger partial charge is 0.254 e. The third-order valence-electron chi connectivity index (χ3n) is 5.01. The first kappa shape index (κ1) is 16.9. The summed E-state index contributed by atoms with van der Waals surface area (Å²) >= 11 is 6.11. The van der Waals surface area contributed by atoms with Gasteiger partial charge in [0.25, 0.3) is 5.91 Å². The lowest BCUT2D eigenvalue weighted by Gasteiger charge is -2.38. The lowest BCUT2D eigenvalue weighted by molar-refractivity contribution is 0.0694. The lowest BCUT2D eigenvalue weighted by atomic mass is 9.87. The summed E-state index contributed by atoms with van der Waals surface area (Å²) < 4.78 is 0. The van der Waals surface area contributed by atoms with Gasteiger partial charge in [-0.3, -0.25) is 4.79 Å². The van der Waals surface area contributed by atoms with E-state index in [2.05, 4.69) is 49.4 Å². The Hall–Kier alpha value is -2.58. The van der Waals surface area contributed by atoms with Crippen LogP contribution >= 0.6 is 11.6 Å². The van der Waals surface area contributed by atoms with Crippen molar-refractivity contribution in [3.8, 4) is 0 Å². The van der Waals surface area contributed by atoms with E-state index in [-0.39, 0.29) is 11.9 Å². The summed E-state index contributed by atoms with van der Waals surface area (Å²) in [6.07, 6.45) is 0.866. The van der Waals surface area contributed by atoms with Gasteiger partial charge in [0.15, 0.2) is 0 Å². The highest BCUT2D eigenvalue weighted by atomic mass is 35.5. The predicted molar refractivity (Wildman–Crippen MR) is 106 cm³/mol. The van der Waals surface area contributed by atoms with Gasteiger partial charge in [-0.1, -0.05) is 71.8 Å². The van der Waals surface area contributed by atoms with E-state index >= 15 is 0 Å². The zero-order chi connectivity index (χ0) is 18.1. The van der Waals surface area contributed by atoms with Crippen molar-refractivity contribution in [1.29, 1.82) is 0 Å². The summed E-state index contributed by atoms with van der Waals surface area (Å²) in [5.41, 5.74) is 5.50. The van der Waals surface area contributed by atoms with Crippen molar-refractivity contribution in [2.75, 3.05) is 6.54 Å². The topological polar surface area (TPSA) is 20.3 Å². The number of benzene rings is 3. The van der Waals surface area contributed by atoms with Crippen LogP contribution in [-0.2, 0) is 6.42 Å². The van der Waals surface area contributed by atoms with E-state index < -0.39 is 0 Å². The van der Waals surface area contributed by atoms with E-state index in [0.29, 0.717) is 17.1 Å². The number of fused-ring (bicyclic) bond motifs is 1. The Morgan fingerprint density at radius 1 is 1.00 bits per heavy atom. The van der Waals surface area contributed by atoms with Crippen LogP contribution in [0.5, 0.6) is 0 Å². The molecule has 0 spiro atoms. The fraction of sp³-hybridized carbons (Fsp3) is 0.174. The molecule has 0 radical (unpaired) electrons. The molecule has 0 saturated carbocycles. The summed E-state index contributed by atoms with van der Waals surface area (Å²) in [6.45, 7) is 2.77. The number of halogens is 1. The first-order valence-electron chi connectivity index (χ1n) is 8.84. The van der Waals surface area contributed by atoms with Gasteiger partial charge in [-0.15, -0.1) is 0 Å². The molecule has 0 N–H and O–H groups in total. The molecular weight excluding hydrogens is 342 g/mol. The number of carbonyl (C=O) groups is 1. The van der Waals surface area contributed by atoms with Crippen LogP contribution in [0.4, 0.5) is 0 Å². The number of hydrogen-bond acceptors (Lipinski definition) is 1. The molecule has 4 rings (SSSR count). The van der Waals surface area contributed by atoms with Crippen LogP contribution < -0.4 is 0 Å². The molecular formula is C23H20ClNO. The molecule has 3 heteroatoms. The minimum Gasteiger partial charge on any atom is -0.327 e. The zero-order valence-electron chi connectivity index (χ0n) is 14.7. The Morgan fingerprint density at radius 3 is 2.54 bits per heavy atom. The maximum Gasteiger partial charge on any atom is 0.254 e. The van der Waals surface area contributed by atoms with Gasteiger partial charge in [0.2, 0.25) is 0 Å². The van der Waals surface area contributed by atoms with Crippen molar-refractivity contribution < 1.29 is 4.79 Å². The SMILES string of the molecule is Cc1ccc([C@@H]2c3ccccc3CCN2C(=O)c2cccc(Cl)c2)cc1. The summed E-state index contributed by atoms with van der Waals surface area (Å²) in [6, 6.07) is 24.0. The Morgan fingerprint density at radius 2 is 1.77 bits per heavy atom. The number of rotatable bonds is 2. The molecule has 3 aromatic rings. The molecule has 0 unspecified atom stereocenters. The monoisotopic (exact) mass is 361 g/mol. The Bertz CT molecular complexity index is 948. The molecule has 1 aliphatic rings. The highest BCUT2D eigenvalue weighted by molar-refractivity contribution is 6.30. The van der Waals surface area contributed by atoms with Crippen LogP contribution in [0.1, 0.15) is 38.7 Å². The van der Waals surface area contributed by atoms with Gasteiger partial charge in [0, 0.05) is 17.1 Å². The lowest BCUT2D eigenvalue weighted by Crippen LogP contribution is -2.40. The molecule has 2 nitrogen and oxygen atoms in total. The predicted octanol–water partition coefficient (Wildman–Crippen LogP) is 5.44. The summed E-state index contributed by atoms with van der Waals surface area (Å²) in [5.74, 6) is 0.0209. The normalized spacial score (nSPS) is 16.2. The average molecular weight is 362 g/mol. The molecule has 1 amide bonds. The Kier molecular flexibility index (Phi) is 4.52. The molecule has 0 aromatic heterocycles. The van der Waals surface area contributed by atoms with Crippen LogP contribution in [0.25, 0.3) is 0 Å². The van der Waals surface area contributed by atoms with E-state index in [0.717, 1.165) is 12.0 Å². The van der Waals surface area contributed by atoms with E-state index in [1.54, 1.807) is 12.1 Å². The van der Waals surface area contributed by atoms with Gasteiger partial charge in [0.05, 0.1) is 6.04 Å². The fourth-order valence-electron chi connectivity index (χ4n) is 3.68. The minimum atomic E-state index is -0.0768. The molecule has 130 valence electrons. The molecule has 1 atom stereocenters. The highest BCUT2D eigenvalue weighted by Crippen LogP contribution is 2.36. The minimum absolute atomic E-state index is 0.0209. The third kappa shape index (κ3) is 3.13. The van der Waals surface area contributed by atoms with Crippen LogP contribution in [0.15, 0.2) is 72.8 Å². The summed E-state index contributed by atoms with van der Waals surface area (Å²) in [7, 11) is 0. The largest absolute Gasteiger partial charge is 0.327 e.